The van der Waals surface area contributed by atoms with Gasteiger partial charge in [0.25, 0.3) is 5.56 Å². The molecule has 0 aliphatic heterocycles. The normalized spacial score (nSPS) is 12.4. The number of ether oxygens (including phenoxy) is 1. The second-order valence-electron chi connectivity index (χ2n) is 4.93. The van der Waals surface area contributed by atoms with Crippen molar-refractivity contribution < 1.29 is 22.3 Å². The van der Waals surface area contributed by atoms with Gasteiger partial charge in [-0.15, -0.1) is 0 Å². The topological polar surface area (TPSA) is 55.0 Å². The fraction of sp³-hybridized carbons (Fsp3) is 0.667. The Kier molecular flexibility index (Phi) is 6.33. The van der Waals surface area contributed by atoms with E-state index in [0.717, 1.165) is 0 Å². The Morgan fingerprint density at radius 1 is 1.38 bits per heavy atom. The van der Waals surface area contributed by atoms with Gasteiger partial charge >= 0.3 is 12.3 Å². The highest BCUT2D eigenvalue weighted by molar-refractivity contribution is 9.10. The van der Waals surface area contributed by atoms with E-state index >= 15 is 0 Å². The van der Waals surface area contributed by atoms with Crippen molar-refractivity contribution in [2.45, 2.75) is 39.2 Å². The summed E-state index contributed by atoms with van der Waals surface area (Å²) in [5, 5.41) is 0. The van der Waals surface area contributed by atoms with E-state index in [4.69, 9.17) is 0 Å². The van der Waals surface area contributed by atoms with Crippen molar-refractivity contribution in [2.75, 3.05) is 6.61 Å². The molecule has 0 spiro atoms. The van der Waals surface area contributed by atoms with E-state index in [1.54, 1.807) is 0 Å². The first-order chi connectivity index (χ1) is 9.63. The highest BCUT2D eigenvalue weighted by atomic mass is 79.9. The second-order valence-corrected chi connectivity index (χ2v) is 5.72. The molecule has 0 fully saturated rings. The van der Waals surface area contributed by atoms with Crippen LogP contribution < -0.4 is 5.56 Å². The van der Waals surface area contributed by atoms with E-state index in [1.165, 1.54) is 0 Å². The Labute approximate surface area is 127 Å². The minimum atomic E-state index is -4.23. The van der Waals surface area contributed by atoms with Crippen molar-refractivity contribution >= 4 is 15.9 Å². The standard InChI is InChI=1S/C12H15BrF4N2O2/c1-6(2)3-7-9(13)10(20)19-8(18-7)4-21-5-12(16,17)11(14)15/h6,11H,3-5H2,1-2H3,(H,18,19,20). The number of hydrogen-bond donors (Lipinski definition) is 1. The highest BCUT2D eigenvalue weighted by Gasteiger charge is 2.41. The van der Waals surface area contributed by atoms with Gasteiger partial charge in [0.1, 0.15) is 23.5 Å². The summed E-state index contributed by atoms with van der Waals surface area (Å²) in [7, 11) is 0. The first-order valence-corrected chi connectivity index (χ1v) is 6.94. The summed E-state index contributed by atoms with van der Waals surface area (Å²) in [6.07, 6.45) is -3.30. The third-order valence-electron chi connectivity index (χ3n) is 2.43. The third-order valence-corrected chi connectivity index (χ3v) is 3.25. The number of aromatic nitrogens is 2. The maximum Gasteiger partial charge on any atom is 0.330 e. The zero-order valence-corrected chi connectivity index (χ0v) is 13.0. The predicted octanol–water partition coefficient (Wildman–Crippen LogP) is 3.15. The van der Waals surface area contributed by atoms with Crippen LogP contribution in [0.1, 0.15) is 25.4 Å². The molecule has 0 aromatic carbocycles. The van der Waals surface area contributed by atoms with Crippen molar-refractivity contribution in [1.29, 1.82) is 0 Å². The van der Waals surface area contributed by atoms with E-state index in [9.17, 15) is 22.4 Å². The first kappa shape index (κ1) is 18.1. The molecule has 1 N–H and O–H groups in total. The van der Waals surface area contributed by atoms with Crippen LogP contribution in [0.25, 0.3) is 0 Å². The molecule has 0 unspecified atom stereocenters. The van der Waals surface area contributed by atoms with E-state index in [2.05, 4.69) is 30.6 Å². The number of nitrogens with one attached hydrogen (secondary N) is 1. The summed E-state index contributed by atoms with van der Waals surface area (Å²) in [5.74, 6) is -3.98. The molecular formula is C12H15BrF4N2O2. The lowest BCUT2D eigenvalue weighted by molar-refractivity contribution is -0.168. The summed E-state index contributed by atoms with van der Waals surface area (Å²) >= 11 is 3.10. The second kappa shape index (κ2) is 7.35. The van der Waals surface area contributed by atoms with Crippen LogP contribution in [-0.4, -0.2) is 28.9 Å². The molecule has 0 aliphatic carbocycles. The molecule has 1 aromatic rings. The predicted molar refractivity (Wildman–Crippen MR) is 71.7 cm³/mol. The highest BCUT2D eigenvalue weighted by Crippen LogP contribution is 2.23. The smallest absolute Gasteiger partial charge is 0.330 e. The first-order valence-electron chi connectivity index (χ1n) is 6.14. The fourth-order valence-electron chi connectivity index (χ4n) is 1.49. The van der Waals surface area contributed by atoms with Crippen molar-refractivity contribution in [3.8, 4) is 0 Å². The fourth-order valence-corrected chi connectivity index (χ4v) is 1.84. The van der Waals surface area contributed by atoms with Crippen LogP contribution in [0.5, 0.6) is 0 Å². The van der Waals surface area contributed by atoms with Gasteiger partial charge in [0.2, 0.25) is 0 Å². The Bertz CT molecular complexity index is 534. The van der Waals surface area contributed by atoms with Crippen LogP contribution in [0, 0.1) is 5.92 Å². The molecule has 0 radical (unpaired) electrons. The average Bonchev–Trinajstić information content (AvgIpc) is 2.34. The van der Waals surface area contributed by atoms with Gasteiger partial charge in [-0.05, 0) is 28.3 Å². The average molecular weight is 375 g/mol. The number of hydrogen-bond acceptors (Lipinski definition) is 3. The zero-order valence-electron chi connectivity index (χ0n) is 11.4. The van der Waals surface area contributed by atoms with Gasteiger partial charge in [-0.25, -0.2) is 13.8 Å². The number of aromatic amines is 1. The molecule has 0 bridgehead atoms. The Morgan fingerprint density at radius 2 is 2.00 bits per heavy atom. The summed E-state index contributed by atoms with van der Waals surface area (Å²) in [6, 6.07) is 0. The van der Waals surface area contributed by atoms with Gasteiger partial charge < -0.3 is 9.72 Å². The van der Waals surface area contributed by atoms with Crippen molar-refractivity contribution in [1.82, 2.24) is 9.97 Å². The Hall–Kier alpha value is -0.960. The van der Waals surface area contributed by atoms with Crippen LogP contribution in [-0.2, 0) is 17.8 Å². The van der Waals surface area contributed by atoms with Crippen LogP contribution in [0.3, 0.4) is 0 Å². The quantitative estimate of drug-likeness (QED) is 0.745. The number of nitrogens with zero attached hydrogens (tertiary/aromatic N) is 1. The molecule has 0 atom stereocenters. The van der Waals surface area contributed by atoms with Gasteiger partial charge in [0, 0.05) is 0 Å². The lowest BCUT2D eigenvalue weighted by Crippen LogP contribution is -2.32. The molecule has 0 saturated heterocycles. The summed E-state index contributed by atoms with van der Waals surface area (Å²) < 4.78 is 54.0. The Morgan fingerprint density at radius 3 is 2.52 bits per heavy atom. The molecule has 0 amide bonds. The third kappa shape index (κ3) is 5.39. The number of H-pyrrole nitrogens is 1. The molecule has 4 nitrogen and oxygen atoms in total. The van der Waals surface area contributed by atoms with Gasteiger partial charge in [-0.2, -0.15) is 8.78 Å². The summed E-state index contributed by atoms with van der Waals surface area (Å²) in [6.45, 7) is 1.93. The largest absolute Gasteiger partial charge is 0.367 e. The minimum Gasteiger partial charge on any atom is -0.367 e. The molecular weight excluding hydrogens is 360 g/mol. The Balaban J connectivity index is 2.76. The van der Waals surface area contributed by atoms with E-state index in [0.29, 0.717) is 12.1 Å². The monoisotopic (exact) mass is 374 g/mol. The van der Waals surface area contributed by atoms with E-state index in [1.807, 2.05) is 13.8 Å². The van der Waals surface area contributed by atoms with Crippen LogP contribution in [0.15, 0.2) is 9.27 Å². The molecule has 0 aliphatic rings. The van der Waals surface area contributed by atoms with E-state index in [-0.39, 0.29) is 16.2 Å². The number of alkyl halides is 4. The van der Waals surface area contributed by atoms with Crippen LogP contribution >= 0.6 is 15.9 Å². The molecule has 0 saturated carbocycles. The number of halogens is 5. The molecule has 21 heavy (non-hydrogen) atoms. The van der Waals surface area contributed by atoms with Gasteiger partial charge in [-0.1, -0.05) is 13.8 Å². The molecule has 1 heterocycles. The lowest BCUT2D eigenvalue weighted by atomic mass is 10.1. The van der Waals surface area contributed by atoms with E-state index < -0.39 is 31.1 Å². The van der Waals surface area contributed by atoms with Crippen molar-refractivity contribution in [3.63, 3.8) is 0 Å². The molecule has 1 rings (SSSR count). The SMILES string of the molecule is CC(C)Cc1nc(COCC(F)(F)C(F)F)[nH]c(=O)c1Br. The van der Waals surface area contributed by atoms with Gasteiger partial charge in [0.05, 0.1) is 5.69 Å². The number of rotatable bonds is 7. The summed E-state index contributed by atoms with van der Waals surface area (Å²) in [5.41, 5.74) is -0.00663. The van der Waals surface area contributed by atoms with Crippen LogP contribution in [0.2, 0.25) is 0 Å². The maximum absolute atomic E-state index is 12.7. The summed E-state index contributed by atoms with van der Waals surface area (Å²) in [4.78, 5) is 18.1. The van der Waals surface area contributed by atoms with Crippen LogP contribution in [0.4, 0.5) is 17.6 Å². The van der Waals surface area contributed by atoms with Gasteiger partial charge in [-0.3, -0.25) is 4.79 Å². The van der Waals surface area contributed by atoms with Crippen molar-refractivity contribution in [3.05, 3.63) is 26.3 Å². The molecule has 120 valence electrons. The lowest BCUT2D eigenvalue weighted by Gasteiger charge is -2.15. The zero-order chi connectivity index (χ0) is 16.2. The molecule has 9 heteroatoms. The maximum atomic E-state index is 12.7. The minimum absolute atomic E-state index is 0.0175. The molecule has 1 aromatic heterocycles. The van der Waals surface area contributed by atoms with Gasteiger partial charge in [0.15, 0.2) is 0 Å². The van der Waals surface area contributed by atoms with Crippen molar-refractivity contribution in [2.24, 2.45) is 5.92 Å².